The largest absolute Gasteiger partial charge is 0.258 e. The van der Waals surface area contributed by atoms with E-state index >= 15 is 0 Å². The molecule has 204 valence electrons. The van der Waals surface area contributed by atoms with Crippen molar-refractivity contribution in [3.05, 3.63) is 203 Å². The second kappa shape index (κ2) is 10.5. The fraction of sp³-hybridized carbons (Fsp3) is 0.0732. The van der Waals surface area contributed by atoms with Crippen molar-refractivity contribution in [3.8, 4) is 11.1 Å². The molecule has 2 nitrogen and oxygen atoms in total. The second-order valence-corrected chi connectivity index (χ2v) is 11.3. The summed E-state index contributed by atoms with van der Waals surface area (Å²) in [6.07, 6.45) is 0.739. The van der Waals surface area contributed by atoms with Crippen molar-refractivity contribution < 1.29 is 0 Å². The first kappa shape index (κ1) is 25.4. The van der Waals surface area contributed by atoms with Crippen LogP contribution in [0.2, 0.25) is 0 Å². The number of rotatable bonds is 5. The molecular weight excluding hydrogens is 520 g/mol. The number of amidine groups is 1. The van der Waals surface area contributed by atoms with Crippen LogP contribution in [0.5, 0.6) is 0 Å². The predicted molar refractivity (Wildman–Crippen MR) is 177 cm³/mol. The zero-order chi connectivity index (χ0) is 28.6. The molecule has 0 radical (unpaired) electrons. The molecule has 0 spiro atoms. The lowest BCUT2D eigenvalue weighted by Crippen LogP contribution is -2.28. The topological polar surface area (TPSA) is 24.7 Å². The summed E-state index contributed by atoms with van der Waals surface area (Å²) in [5.41, 5.74) is 11.8. The van der Waals surface area contributed by atoms with Gasteiger partial charge in [0.2, 0.25) is 0 Å². The average molecular weight is 551 g/mol. The van der Waals surface area contributed by atoms with Crippen LogP contribution in [0.25, 0.3) is 11.1 Å². The molecule has 6 aromatic carbocycles. The standard InChI is InChI=1S/C41H30N2/c1-5-16-29(17-6-1)37-28-38(43-40(42-37)30-18-7-2-8-19-30)34-25-15-27-36-39(34)33-24-13-14-26-35(33)41(36,31-20-9-3-10-21-31)32-22-11-4-12-23-32/h1-27,38H,28H2. The van der Waals surface area contributed by atoms with Crippen molar-refractivity contribution in [3.63, 3.8) is 0 Å². The van der Waals surface area contributed by atoms with E-state index in [0.29, 0.717) is 0 Å². The summed E-state index contributed by atoms with van der Waals surface area (Å²) >= 11 is 0. The molecule has 43 heavy (non-hydrogen) atoms. The van der Waals surface area contributed by atoms with Gasteiger partial charge in [-0.2, -0.15) is 0 Å². The Hall–Kier alpha value is -5.34. The van der Waals surface area contributed by atoms with Crippen molar-refractivity contribution in [1.29, 1.82) is 0 Å². The molecule has 2 heteroatoms. The summed E-state index contributed by atoms with van der Waals surface area (Å²) < 4.78 is 0. The van der Waals surface area contributed by atoms with Gasteiger partial charge in [-0.1, -0.05) is 164 Å². The zero-order valence-electron chi connectivity index (χ0n) is 23.8. The minimum atomic E-state index is -0.429. The van der Waals surface area contributed by atoms with Crippen LogP contribution in [-0.4, -0.2) is 11.5 Å². The summed E-state index contributed by atoms with van der Waals surface area (Å²) in [4.78, 5) is 10.5. The van der Waals surface area contributed by atoms with Gasteiger partial charge in [0.05, 0.1) is 17.2 Å². The average Bonchev–Trinajstić information content (AvgIpc) is 3.41. The summed E-state index contributed by atoms with van der Waals surface area (Å²) in [5.74, 6) is 0.789. The Morgan fingerprint density at radius 2 is 1.02 bits per heavy atom. The third-order valence-electron chi connectivity index (χ3n) is 8.92. The lowest BCUT2D eigenvalue weighted by molar-refractivity contribution is 0.744. The molecule has 0 amide bonds. The fourth-order valence-electron chi connectivity index (χ4n) is 7.10. The number of benzene rings is 6. The van der Waals surface area contributed by atoms with E-state index in [-0.39, 0.29) is 6.04 Å². The first-order valence-electron chi connectivity index (χ1n) is 14.9. The van der Waals surface area contributed by atoms with Crippen molar-refractivity contribution in [2.45, 2.75) is 17.9 Å². The molecule has 0 fully saturated rings. The molecule has 0 N–H and O–H groups in total. The van der Waals surface area contributed by atoms with Crippen LogP contribution in [0.4, 0.5) is 0 Å². The SMILES string of the molecule is c1ccc(C2=NC(c3ccccc3)=NC(c3cccc4c3-c3ccccc3C4(c3ccccc3)c3ccccc3)C2)cc1. The van der Waals surface area contributed by atoms with Crippen molar-refractivity contribution in [2.75, 3.05) is 0 Å². The van der Waals surface area contributed by atoms with E-state index in [1.807, 2.05) is 6.07 Å². The molecule has 2 aliphatic rings. The Morgan fingerprint density at radius 3 is 1.67 bits per heavy atom. The number of nitrogens with zero attached hydrogens (tertiary/aromatic N) is 2. The quantitative estimate of drug-likeness (QED) is 0.204. The minimum Gasteiger partial charge on any atom is -0.258 e. The van der Waals surface area contributed by atoms with Crippen LogP contribution in [0.3, 0.4) is 0 Å². The molecule has 0 bridgehead atoms. The van der Waals surface area contributed by atoms with Gasteiger partial charge in [0.1, 0.15) is 0 Å². The highest BCUT2D eigenvalue weighted by molar-refractivity contribution is 6.14. The highest BCUT2D eigenvalue weighted by atomic mass is 15.0. The molecule has 6 aromatic rings. The van der Waals surface area contributed by atoms with Crippen molar-refractivity contribution in [1.82, 2.24) is 0 Å². The minimum absolute atomic E-state index is 0.0757. The van der Waals surface area contributed by atoms with E-state index < -0.39 is 5.41 Å². The van der Waals surface area contributed by atoms with Gasteiger partial charge in [0, 0.05) is 12.0 Å². The lowest BCUT2D eigenvalue weighted by atomic mass is 9.67. The highest BCUT2D eigenvalue weighted by Gasteiger charge is 2.47. The highest BCUT2D eigenvalue weighted by Crippen LogP contribution is 2.58. The summed E-state index contributed by atoms with van der Waals surface area (Å²) in [6.45, 7) is 0. The number of fused-ring (bicyclic) bond motifs is 3. The third-order valence-corrected chi connectivity index (χ3v) is 8.92. The van der Waals surface area contributed by atoms with Crippen molar-refractivity contribution in [2.24, 2.45) is 9.98 Å². The molecular formula is C41H30N2. The Balaban J connectivity index is 1.39. The Morgan fingerprint density at radius 1 is 0.488 bits per heavy atom. The van der Waals surface area contributed by atoms with E-state index in [1.165, 1.54) is 38.9 Å². The summed E-state index contributed by atoms with van der Waals surface area (Å²) in [7, 11) is 0. The van der Waals surface area contributed by atoms with E-state index in [9.17, 15) is 0 Å². The van der Waals surface area contributed by atoms with Gasteiger partial charge in [-0.25, -0.2) is 4.99 Å². The van der Waals surface area contributed by atoms with Crippen LogP contribution < -0.4 is 0 Å². The normalized spacial score (nSPS) is 16.5. The number of aliphatic imine (C=N–C) groups is 2. The van der Waals surface area contributed by atoms with E-state index in [2.05, 4.69) is 158 Å². The summed E-state index contributed by atoms with van der Waals surface area (Å²) in [5, 5.41) is 0. The predicted octanol–water partition coefficient (Wildman–Crippen LogP) is 9.43. The Labute approximate surface area is 252 Å². The Bertz CT molecular complexity index is 1940. The second-order valence-electron chi connectivity index (χ2n) is 11.3. The molecule has 0 aromatic heterocycles. The maximum absolute atomic E-state index is 5.37. The van der Waals surface area contributed by atoms with E-state index in [1.54, 1.807) is 0 Å². The van der Waals surface area contributed by atoms with Gasteiger partial charge in [0.25, 0.3) is 0 Å². The van der Waals surface area contributed by atoms with Gasteiger partial charge in [0.15, 0.2) is 5.84 Å². The molecule has 1 aliphatic heterocycles. The van der Waals surface area contributed by atoms with Gasteiger partial charge in [-0.15, -0.1) is 0 Å². The molecule has 1 atom stereocenters. The van der Waals surface area contributed by atoms with Gasteiger partial charge in [-0.05, 0) is 44.5 Å². The zero-order valence-corrected chi connectivity index (χ0v) is 23.8. The van der Waals surface area contributed by atoms with Crippen LogP contribution in [-0.2, 0) is 5.41 Å². The fourth-order valence-corrected chi connectivity index (χ4v) is 7.10. The maximum atomic E-state index is 5.37. The molecule has 1 aliphatic carbocycles. The van der Waals surface area contributed by atoms with E-state index in [4.69, 9.17) is 9.98 Å². The molecule has 1 unspecified atom stereocenters. The smallest absolute Gasteiger partial charge is 0.155 e. The van der Waals surface area contributed by atoms with Gasteiger partial charge < -0.3 is 0 Å². The first-order chi connectivity index (χ1) is 21.3. The van der Waals surface area contributed by atoms with E-state index in [0.717, 1.165) is 29.1 Å². The van der Waals surface area contributed by atoms with Crippen molar-refractivity contribution >= 4 is 11.5 Å². The number of hydrogen-bond donors (Lipinski definition) is 0. The maximum Gasteiger partial charge on any atom is 0.155 e. The third kappa shape index (κ3) is 4.10. The molecule has 0 saturated carbocycles. The first-order valence-corrected chi connectivity index (χ1v) is 14.9. The lowest BCUT2D eigenvalue weighted by Gasteiger charge is -2.34. The van der Waals surface area contributed by atoms with Crippen LogP contribution >= 0.6 is 0 Å². The van der Waals surface area contributed by atoms with Gasteiger partial charge in [-0.3, -0.25) is 4.99 Å². The number of hydrogen-bond acceptors (Lipinski definition) is 2. The summed E-state index contributed by atoms with van der Waals surface area (Å²) in [6, 6.07) is 58.6. The Kier molecular flexibility index (Phi) is 6.19. The molecule has 0 saturated heterocycles. The van der Waals surface area contributed by atoms with Crippen LogP contribution in [0, 0.1) is 0 Å². The molecule has 8 rings (SSSR count). The monoisotopic (exact) mass is 550 g/mol. The molecule has 1 heterocycles. The van der Waals surface area contributed by atoms with Gasteiger partial charge >= 0.3 is 0 Å². The van der Waals surface area contributed by atoms with Crippen LogP contribution in [0.1, 0.15) is 51.4 Å². The van der Waals surface area contributed by atoms with Crippen LogP contribution in [0.15, 0.2) is 174 Å².